The standard InChI is InChI=1S/C29H46N4O2/c1-4-32(25-17-16-22-11-8-9-14-24(22)19-25)20-26-15-10-18-33(26)29(35)27(23-12-6-5-7-13-23)31-28(34)21(2)30-3/h8-9,11,14,21,23,25-27,30H,4-7,10,12-13,15-20H2,1-3H3,(H,31,34)/t21-,25?,26-,27-/m0/s1. The van der Waals surface area contributed by atoms with Gasteiger partial charge in [-0.3, -0.25) is 14.5 Å². The van der Waals surface area contributed by atoms with Crippen LogP contribution in [-0.4, -0.2) is 72.5 Å². The highest BCUT2D eigenvalue weighted by molar-refractivity contribution is 5.90. The second kappa shape index (κ2) is 12.4. The van der Waals surface area contributed by atoms with Crippen LogP contribution >= 0.6 is 0 Å². The molecule has 1 saturated carbocycles. The van der Waals surface area contributed by atoms with E-state index in [1.807, 2.05) is 6.92 Å². The lowest BCUT2D eigenvalue weighted by molar-refractivity contribution is -0.139. The molecule has 1 heterocycles. The number of benzene rings is 1. The molecule has 2 aliphatic carbocycles. The molecule has 3 aliphatic rings. The van der Waals surface area contributed by atoms with E-state index in [1.165, 1.54) is 24.0 Å². The minimum atomic E-state index is -0.393. The predicted molar refractivity (Wildman–Crippen MR) is 141 cm³/mol. The molecule has 4 atom stereocenters. The summed E-state index contributed by atoms with van der Waals surface area (Å²) in [6.07, 6.45) is 11.2. The van der Waals surface area contributed by atoms with E-state index < -0.39 is 6.04 Å². The van der Waals surface area contributed by atoms with E-state index in [0.717, 1.165) is 71.0 Å². The molecule has 1 saturated heterocycles. The second-order valence-electron chi connectivity index (χ2n) is 11.0. The van der Waals surface area contributed by atoms with E-state index in [0.29, 0.717) is 6.04 Å². The van der Waals surface area contributed by atoms with Gasteiger partial charge < -0.3 is 15.5 Å². The smallest absolute Gasteiger partial charge is 0.245 e. The largest absolute Gasteiger partial charge is 0.343 e. The van der Waals surface area contributed by atoms with Gasteiger partial charge in [-0.1, -0.05) is 50.5 Å². The Kier molecular flexibility index (Phi) is 9.23. The summed E-state index contributed by atoms with van der Waals surface area (Å²) in [6, 6.07) is 8.95. The SMILES string of the molecule is CCN(C[C@@H]1CCCN1C(=O)[C@@H](NC(=O)[C@H](C)NC)C1CCCCC1)C1CCc2ccccc2C1. The zero-order valence-corrected chi connectivity index (χ0v) is 22.1. The highest BCUT2D eigenvalue weighted by atomic mass is 16.2. The molecule has 0 bridgehead atoms. The number of nitrogens with zero attached hydrogens (tertiary/aromatic N) is 2. The minimum absolute atomic E-state index is 0.0665. The van der Waals surface area contributed by atoms with E-state index in [9.17, 15) is 9.59 Å². The Labute approximate surface area is 212 Å². The molecular formula is C29H46N4O2. The van der Waals surface area contributed by atoms with E-state index in [4.69, 9.17) is 0 Å². The Bertz CT molecular complexity index is 853. The Morgan fingerprint density at radius 2 is 1.80 bits per heavy atom. The minimum Gasteiger partial charge on any atom is -0.343 e. The third kappa shape index (κ3) is 6.26. The second-order valence-corrected chi connectivity index (χ2v) is 11.0. The summed E-state index contributed by atoms with van der Waals surface area (Å²) in [5, 5.41) is 6.19. The lowest BCUT2D eigenvalue weighted by atomic mass is 9.83. The molecule has 0 radical (unpaired) electrons. The number of amides is 2. The molecule has 1 aromatic carbocycles. The molecule has 2 amide bonds. The quantitative estimate of drug-likeness (QED) is 0.565. The fourth-order valence-electron chi connectivity index (χ4n) is 6.55. The van der Waals surface area contributed by atoms with Crippen molar-refractivity contribution in [3.05, 3.63) is 35.4 Å². The molecule has 194 valence electrons. The monoisotopic (exact) mass is 482 g/mol. The van der Waals surface area contributed by atoms with Crippen LogP contribution in [0.15, 0.2) is 24.3 Å². The van der Waals surface area contributed by atoms with Crippen LogP contribution < -0.4 is 10.6 Å². The van der Waals surface area contributed by atoms with Gasteiger partial charge in [0.2, 0.25) is 11.8 Å². The number of likely N-dealkylation sites (tertiary alicyclic amines) is 1. The summed E-state index contributed by atoms with van der Waals surface area (Å²) in [7, 11) is 1.79. The van der Waals surface area contributed by atoms with Crippen LogP contribution in [0.25, 0.3) is 0 Å². The number of hydrogen-bond acceptors (Lipinski definition) is 4. The van der Waals surface area contributed by atoms with Crippen LogP contribution in [-0.2, 0) is 22.4 Å². The molecule has 2 N–H and O–H groups in total. The van der Waals surface area contributed by atoms with Crippen molar-refractivity contribution in [3.63, 3.8) is 0 Å². The molecule has 6 heteroatoms. The van der Waals surface area contributed by atoms with Gasteiger partial charge in [-0.15, -0.1) is 0 Å². The summed E-state index contributed by atoms with van der Waals surface area (Å²) in [4.78, 5) is 31.5. The average Bonchev–Trinajstić information content (AvgIpc) is 3.37. The van der Waals surface area contributed by atoms with Crippen molar-refractivity contribution in [2.24, 2.45) is 5.92 Å². The number of nitrogens with one attached hydrogen (secondary N) is 2. The molecule has 1 aromatic rings. The highest BCUT2D eigenvalue weighted by Gasteiger charge is 2.39. The lowest BCUT2D eigenvalue weighted by Crippen LogP contribution is -2.57. The summed E-state index contributed by atoms with van der Waals surface area (Å²) < 4.78 is 0. The molecule has 6 nitrogen and oxygen atoms in total. The van der Waals surface area contributed by atoms with Crippen LogP contribution in [0.5, 0.6) is 0 Å². The first-order valence-corrected chi connectivity index (χ1v) is 14.1. The van der Waals surface area contributed by atoms with Crippen molar-refractivity contribution in [2.45, 2.75) is 102 Å². The van der Waals surface area contributed by atoms with Crippen molar-refractivity contribution >= 4 is 11.8 Å². The molecular weight excluding hydrogens is 436 g/mol. The number of likely N-dealkylation sites (N-methyl/N-ethyl adjacent to an activating group) is 2. The number of carbonyl (C=O) groups is 2. The van der Waals surface area contributed by atoms with E-state index in [2.05, 4.69) is 51.6 Å². The zero-order chi connectivity index (χ0) is 24.8. The summed E-state index contributed by atoms with van der Waals surface area (Å²) in [5.74, 6) is 0.340. The van der Waals surface area contributed by atoms with Gasteiger partial charge in [-0.05, 0) is 82.5 Å². The molecule has 1 aliphatic heterocycles. The van der Waals surface area contributed by atoms with Crippen molar-refractivity contribution < 1.29 is 9.59 Å². The molecule has 2 fully saturated rings. The van der Waals surface area contributed by atoms with Crippen LogP contribution in [0.2, 0.25) is 0 Å². The average molecular weight is 483 g/mol. The first-order chi connectivity index (χ1) is 17.0. The third-order valence-electron chi connectivity index (χ3n) is 8.86. The lowest BCUT2D eigenvalue weighted by Gasteiger charge is -2.39. The third-order valence-corrected chi connectivity index (χ3v) is 8.86. The number of rotatable bonds is 9. The maximum Gasteiger partial charge on any atom is 0.245 e. The van der Waals surface area contributed by atoms with Crippen molar-refractivity contribution in [3.8, 4) is 0 Å². The van der Waals surface area contributed by atoms with Crippen LogP contribution in [0.4, 0.5) is 0 Å². The predicted octanol–water partition coefficient (Wildman–Crippen LogP) is 3.53. The number of carbonyl (C=O) groups excluding carboxylic acids is 2. The van der Waals surface area contributed by atoms with Gasteiger partial charge in [0.25, 0.3) is 0 Å². The van der Waals surface area contributed by atoms with Gasteiger partial charge in [0.05, 0.1) is 6.04 Å². The Morgan fingerprint density at radius 3 is 2.51 bits per heavy atom. The molecule has 35 heavy (non-hydrogen) atoms. The van der Waals surface area contributed by atoms with Crippen molar-refractivity contribution in [1.29, 1.82) is 0 Å². The molecule has 0 aromatic heterocycles. The first kappa shape index (κ1) is 26.2. The topological polar surface area (TPSA) is 64.7 Å². The van der Waals surface area contributed by atoms with Gasteiger partial charge in [0, 0.05) is 25.2 Å². The molecule has 4 rings (SSSR count). The van der Waals surface area contributed by atoms with Crippen LogP contribution in [0.1, 0.15) is 76.3 Å². The fourth-order valence-corrected chi connectivity index (χ4v) is 6.55. The summed E-state index contributed by atoms with van der Waals surface area (Å²) in [5.41, 5.74) is 2.99. The summed E-state index contributed by atoms with van der Waals surface area (Å²) in [6.45, 7) is 6.88. The van der Waals surface area contributed by atoms with E-state index >= 15 is 0 Å². The van der Waals surface area contributed by atoms with Gasteiger partial charge in [0.15, 0.2) is 0 Å². The van der Waals surface area contributed by atoms with Gasteiger partial charge in [-0.2, -0.15) is 0 Å². The summed E-state index contributed by atoms with van der Waals surface area (Å²) >= 11 is 0. The van der Waals surface area contributed by atoms with Gasteiger partial charge in [-0.25, -0.2) is 0 Å². The van der Waals surface area contributed by atoms with Crippen LogP contribution in [0.3, 0.4) is 0 Å². The van der Waals surface area contributed by atoms with E-state index in [-0.39, 0.29) is 29.8 Å². The van der Waals surface area contributed by atoms with Crippen molar-refractivity contribution in [1.82, 2.24) is 20.4 Å². The zero-order valence-electron chi connectivity index (χ0n) is 22.1. The number of hydrogen-bond donors (Lipinski definition) is 2. The van der Waals surface area contributed by atoms with Crippen molar-refractivity contribution in [2.75, 3.05) is 26.7 Å². The van der Waals surface area contributed by atoms with E-state index in [1.54, 1.807) is 7.05 Å². The van der Waals surface area contributed by atoms with Crippen LogP contribution in [0, 0.1) is 5.92 Å². The van der Waals surface area contributed by atoms with Gasteiger partial charge >= 0.3 is 0 Å². The normalized spacial score (nSPS) is 24.7. The molecule has 1 unspecified atom stereocenters. The Hall–Kier alpha value is -1.92. The highest BCUT2D eigenvalue weighted by Crippen LogP contribution is 2.30. The maximum atomic E-state index is 14.0. The number of fused-ring (bicyclic) bond motifs is 1. The Morgan fingerprint density at radius 1 is 1.06 bits per heavy atom. The first-order valence-electron chi connectivity index (χ1n) is 14.1. The molecule has 0 spiro atoms. The maximum absolute atomic E-state index is 14.0. The Balaban J connectivity index is 1.45. The fraction of sp³-hybridized carbons (Fsp3) is 0.724. The van der Waals surface area contributed by atoms with Gasteiger partial charge in [0.1, 0.15) is 6.04 Å². The number of aryl methyl sites for hydroxylation is 1.